The third-order valence-corrected chi connectivity index (χ3v) is 4.12. The summed E-state index contributed by atoms with van der Waals surface area (Å²) in [6, 6.07) is 7.23. The highest BCUT2D eigenvalue weighted by molar-refractivity contribution is 5.92. The number of aromatic nitrogens is 3. The Kier molecular flexibility index (Phi) is 6.14. The average molecular weight is 370 g/mol. The van der Waals surface area contributed by atoms with Crippen molar-refractivity contribution in [3.63, 3.8) is 0 Å². The van der Waals surface area contributed by atoms with E-state index in [0.717, 1.165) is 5.69 Å². The first-order chi connectivity index (χ1) is 13.2. The van der Waals surface area contributed by atoms with Crippen molar-refractivity contribution in [2.24, 2.45) is 0 Å². The van der Waals surface area contributed by atoms with Crippen LogP contribution < -0.4 is 5.32 Å². The minimum Gasteiger partial charge on any atom is -0.450 e. The molecule has 142 valence electrons. The Bertz CT molecular complexity index is 778. The van der Waals surface area contributed by atoms with E-state index in [1.54, 1.807) is 35.2 Å². The van der Waals surface area contributed by atoms with Crippen molar-refractivity contribution in [2.45, 2.75) is 13.5 Å². The molecule has 0 spiro atoms. The number of carbonyl (C=O) groups excluding carboxylic acids is 2. The van der Waals surface area contributed by atoms with Crippen LogP contribution in [0.5, 0.6) is 0 Å². The van der Waals surface area contributed by atoms with Gasteiger partial charge in [-0.3, -0.25) is 9.78 Å². The van der Waals surface area contributed by atoms with Gasteiger partial charge in [-0.2, -0.15) is 0 Å². The fraction of sp³-hybridized carbons (Fsp3) is 0.389. The molecule has 0 atom stereocenters. The Morgan fingerprint density at radius 2 is 1.85 bits per heavy atom. The molecule has 0 aliphatic carbocycles. The van der Waals surface area contributed by atoms with Crippen molar-refractivity contribution in [3.8, 4) is 0 Å². The Balaban J connectivity index is 1.57. The summed E-state index contributed by atoms with van der Waals surface area (Å²) in [7, 11) is 0. The van der Waals surface area contributed by atoms with Gasteiger partial charge in [0.2, 0.25) is 5.95 Å². The molecule has 0 aromatic carbocycles. The largest absolute Gasteiger partial charge is 0.450 e. The molecule has 9 nitrogen and oxygen atoms in total. The quantitative estimate of drug-likeness (QED) is 0.849. The zero-order valence-electron chi connectivity index (χ0n) is 15.2. The minimum absolute atomic E-state index is 0.179. The summed E-state index contributed by atoms with van der Waals surface area (Å²) in [4.78, 5) is 40.4. The maximum atomic E-state index is 12.7. The lowest BCUT2D eigenvalue weighted by Gasteiger charge is -2.33. The number of amides is 2. The van der Waals surface area contributed by atoms with Gasteiger partial charge in [-0.15, -0.1) is 0 Å². The molecule has 2 aromatic rings. The average Bonchev–Trinajstić information content (AvgIpc) is 2.73. The summed E-state index contributed by atoms with van der Waals surface area (Å²) in [5.74, 6) is 0.193. The van der Waals surface area contributed by atoms with Crippen LogP contribution >= 0.6 is 0 Å². The summed E-state index contributed by atoms with van der Waals surface area (Å²) in [5.41, 5.74) is 1.17. The molecule has 0 radical (unpaired) electrons. The molecule has 3 rings (SSSR count). The van der Waals surface area contributed by atoms with Crippen LogP contribution in [-0.2, 0) is 11.3 Å². The van der Waals surface area contributed by atoms with Crippen LogP contribution in [0.15, 0.2) is 36.7 Å². The Labute approximate surface area is 157 Å². The normalized spacial score (nSPS) is 14.0. The van der Waals surface area contributed by atoms with Crippen LogP contribution in [-0.4, -0.2) is 69.5 Å². The highest BCUT2D eigenvalue weighted by atomic mass is 16.6. The smallest absolute Gasteiger partial charge is 0.409 e. The van der Waals surface area contributed by atoms with Gasteiger partial charge in [-0.05, 0) is 25.1 Å². The Morgan fingerprint density at radius 3 is 2.56 bits per heavy atom. The number of hydrogen-bond acceptors (Lipinski definition) is 7. The Hall–Kier alpha value is -3.23. The van der Waals surface area contributed by atoms with Crippen molar-refractivity contribution in [2.75, 3.05) is 38.1 Å². The molecule has 2 amide bonds. The molecule has 0 bridgehead atoms. The highest BCUT2D eigenvalue weighted by Gasteiger charge is 2.26. The predicted octanol–water partition coefficient (Wildman–Crippen LogP) is 1.40. The fourth-order valence-electron chi connectivity index (χ4n) is 2.70. The topological polar surface area (TPSA) is 101 Å². The molecule has 2 aromatic heterocycles. The van der Waals surface area contributed by atoms with E-state index >= 15 is 0 Å². The molecular formula is C18H22N6O3. The van der Waals surface area contributed by atoms with E-state index in [2.05, 4.69) is 20.3 Å². The van der Waals surface area contributed by atoms with Crippen molar-refractivity contribution in [3.05, 3.63) is 48.0 Å². The van der Waals surface area contributed by atoms with E-state index in [9.17, 15) is 9.59 Å². The van der Waals surface area contributed by atoms with E-state index in [1.807, 2.05) is 18.2 Å². The van der Waals surface area contributed by atoms with Crippen LogP contribution in [0.3, 0.4) is 0 Å². The maximum Gasteiger partial charge on any atom is 0.409 e. The van der Waals surface area contributed by atoms with Crippen molar-refractivity contribution in [1.29, 1.82) is 0 Å². The second kappa shape index (κ2) is 8.93. The van der Waals surface area contributed by atoms with Crippen molar-refractivity contribution in [1.82, 2.24) is 24.8 Å². The number of nitrogens with zero attached hydrogens (tertiary/aromatic N) is 5. The summed E-state index contributed by atoms with van der Waals surface area (Å²) in [6.45, 7) is 4.35. The van der Waals surface area contributed by atoms with Crippen LogP contribution in [0.25, 0.3) is 0 Å². The van der Waals surface area contributed by atoms with Gasteiger partial charge in [-0.1, -0.05) is 6.07 Å². The zero-order chi connectivity index (χ0) is 19.1. The van der Waals surface area contributed by atoms with E-state index in [0.29, 0.717) is 51.0 Å². The van der Waals surface area contributed by atoms with Gasteiger partial charge in [0, 0.05) is 38.6 Å². The molecule has 1 saturated heterocycles. The second-order valence-electron chi connectivity index (χ2n) is 5.92. The molecule has 9 heteroatoms. The number of pyridine rings is 1. The zero-order valence-corrected chi connectivity index (χ0v) is 15.2. The lowest BCUT2D eigenvalue weighted by molar-refractivity contribution is 0.0566. The summed E-state index contributed by atoms with van der Waals surface area (Å²) >= 11 is 0. The van der Waals surface area contributed by atoms with Crippen molar-refractivity contribution < 1.29 is 14.3 Å². The van der Waals surface area contributed by atoms with Crippen LogP contribution in [0.4, 0.5) is 10.7 Å². The van der Waals surface area contributed by atoms with Gasteiger partial charge in [-0.25, -0.2) is 14.8 Å². The number of piperazine rings is 1. The fourth-order valence-corrected chi connectivity index (χ4v) is 2.70. The monoisotopic (exact) mass is 370 g/mol. The molecule has 1 N–H and O–H groups in total. The Morgan fingerprint density at radius 1 is 1.07 bits per heavy atom. The predicted molar refractivity (Wildman–Crippen MR) is 98.1 cm³/mol. The number of carbonyl (C=O) groups is 2. The first kappa shape index (κ1) is 18.6. The molecule has 0 saturated carbocycles. The third kappa shape index (κ3) is 4.90. The summed E-state index contributed by atoms with van der Waals surface area (Å²) < 4.78 is 4.99. The molecule has 1 fully saturated rings. The van der Waals surface area contributed by atoms with E-state index in [1.165, 1.54) is 0 Å². The molecular weight excluding hydrogens is 348 g/mol. The van der Waals surface area contributed by atoms with Crippen LogP contribution in [0.1, 0.15) is 23.1 Å². The number of rotatable bonds is 5. The number of hydrogen-bond donors (Lipinski definition) is 1. The summed E-state index contributed by atoms with van der Waals surface area (Å²) in [5, 5.41) is 3.07. The molecule has 1 aliphatic rings. The van der Waals surface area contributed by atoms with Gasteiger partial charge in [0.05, 0.1) is 18.8 Å². The number of ether oxygens (including phenoxy) is 1. The first-order valence-electron chi connectivity index (χ1n) is 8.85. The molecule has 1 aliphatic heterocycles. The van der Waals surface area contributed by atoms with E-state index in [-0.39, 0.29) is 12.0 Å². The third-order valence-electron chi connectivity index (χ3n) is 4.12. The first-order valence-corrected chi connectivity index (χ1v) is 8.85. The molecule has 3 heterocycles. The maximum absolute atomic E-state index is 12.7. The number of nitrogens with one attached hydrogen (secondary N) is 1. The van der Waals surface area contributed by atoms with Crippen LogP contribution in [0, 0.1) is 0 Å². The highest BCUT2D eigenvalue weighted by Crippen LogP contribution is 2.10. The summed E-state index contributed by atoms with van der Waals surface area (Å²) in [6.07, 6.45) is 2.93. The lowest BCUT2D eigenvalue weighted by Crippen LogP contribution is -2.50. The van der Waals surface area contributed by atoms with E-state index < -0.39 is 0 Å². The second-order valence-corrected chi connectivity index (χ2v) is 5.92. The van der Waals surface area contributed by atoms with Crippen LogP contribution in [0.2, 0.25) is 0 Å². The number of anilines is 1. The van der Waals surface area contributed by atoms with Gasteiger partial charge >= 0.3 is 6.09 Å². The SMILES string of the molecule is CCOC(=O)N1CCN(C(=O)c2ccnc(NCc3ccccn3)n2)CC1. The molecule has 0 unspecified atom stereocenters. The minimum atomic E-state index is -0.340. The molecule has 27 heavy (non-hydrogen) atoms. The lowest BCUT2D eigenvalue weighted by atomic mass is 10.3. The van der Waals surface area contributed by atoms with Gasteiger partial charge in [0.25, 0.3) is 5.91 Å². The standard InChI is InChI=1S/C18H22N6O3/c1-2-27-18(26)24-11-9-23(10-12-24)16(25)15-6-8-20-17(22-15)21-13-14-5-3-4-7-19-14/h3-8H,2,9-13H2,1H3,(H,20,21,22). The van der Waals surface area contributed by atoms with Gasteiger partial charge in [0.15, 0.2) is 0 Å². The van der Waals surface area contributed by atoms with Gasteiger partial charge < -0.3 is 19.9 Å². The van der Waals surface area contributed by atoms with Gasteiger partial charge in [0.1, 0.15) is 5.69 Å². The van der Waals surface area contributed by atoms with Crippen molar-refractivity contribution >= 4 is 17.9 Å². The van der Waals surface area contributed by atoms with E-state index in [4.69, 9.17) is 4.74 Å².